The molecule has 3 nitrogen and oxygen atoms in total. The van der Waals surface area contributed by atoms with Gasteiger partial charge in [-0.05, 0) is 18.8 Å². The Labute approximate surface area is 104 Å². The molecule has 2 aliphatic heterocycles. The van der Waals surface area contributed by atoms with E-state index in [1.807, 2.05) is 0 Å². The summed E-state index contributed by atoms with van der Waals surface area (Å²) in [4.78, 5) is 14.0. The van der Waals surface area contributed by atoms with Gasteiger partial charge in [-0.25, -0.2) is 0 Å². The summed E-state index contributed by atoms with van der Waals surface area (Å²) in [7, 11) is 0. The van der Waals surface area contributed by atoms with E-state index in [4.69, 9.17) is 0 Å². The maximum absolute atomic E-state index is 11.9. The van der Waals surface area contributed by atoms with Crippen molar-refractivity contribution in [1.82, 2.24) is 10.2 Å². The van der Waals surface area contributed by atoms with Gasteiger partial charge in [0.05, 0.1) is 0 Å². The zero-order chi connectivity index (χ0) is 10.8. The first kappa shape index (κ1) is 13.8. The highest BCUT2D eigenvalue weighted by atomic mass is 35.5. The van der Waals surface area contributed by atoms with Crippen LogP contribution in [0.3, 0.4) is 0 Å². The van der Waals surface area contributed by atoms with Crippen molar-refractivity contribution in [2.75, 3.05) is 13.1 Å². The fourth-order valence-electron chi connectivity index (χ4n) is 2.69. The fraction of sp³-hybridized carbons (Fsp3) is 0.917. The third kappa shape index (κ3) is 3.36. The van der Waals surface area contributed by atoms with Crippen LogP contribution in [0.2, 0.25) is 0 Å². The summed E-state index contributed by atoms with van der Waals surface area (Å²) in [6, 6.07) is 1.13. The molecule has 2 fully saturated rings. The standard InChI is InChI=1S/C12H22N2O.ClH/c1-9(2)6-12(15)14-7-10-4-3-5-11(8-14)13-10;/h9-11,13H,3-8H2,1-2H3;1H. The van der Waals surface area contributed by atoms with Crippen molar-refractivity contribution in [2.24, 2.45) is 5.92 Å². The van der Waals surface area contributed by atoms with E-state index in [-0.39, 0.29) is 12.4 Å². The number of halogens is 1. The quantitative estimate of drug-likeness (QED) is 0.806. The lowest BCUT2D eigenvalue weighted by atomic mass is 9.94. The highest BCUT2D eigenvalue weighted by Crippen LogP contribution is 2.20. The lowest BCUT2D eigenvalue weighted by Crippen LogP contribution is -2.60. The van der Waals surface area contributed by atoms with Gasteiger partial charge in [0.1, 0.15) is 0 Å². The molecule has 0 aromatic carbocycles. The average Bonchev–Trinajstić information content (AvgIpc) is 2.16. The van der Waals surface area contributed by atoms with Crippen molar-refractivity contribution in [3.8, 4) is 0 Å². The lowest BCUT2D eigenvalue weighted by molar-refractivity contribution is -0.134. The van der Waals surface area contributed by atoms with Crippen molar-refractivity contribution in [3.63, 3.8) is 0 Å². The minimum absolute atomic E-state index is 0. The Balaban J connectivity index is 0.00000128. The van der Waals surface area contributed by atoms with Gasteiger partial charge in [-0.15, -0.1) is 12.4 Å². The van der Waals surface area contributed by atoms with Crippen LogP contribution in [0.5, 0.6) is 0 Å². The maximum atomic E-state index is 11.9. The number of amides is 1. The molecule has 0 radical (unpaired) electrons. The molecule has 2 saturated heterocycles. The minimum Gasteiger partial charge on any atom is -0.340 e. The molecule has 0 aliphatic carbocycles. The molecule has 2 atom stereocenters. The summed E-state index contributed by atoms with van der Waals surface area (Å²) in [5.41, 5.74) is 0. The summed E-state index contributed by atoms with van der Waals surface area (Å²) in [5.74, 6) is 0.829. The molecule has 2 aliphatic rings. The van der Waals surface area contributed by atoms with Crippen LogP contribution in [0, 0.1) is 5.92 Å². The van der Waals surface area contributed by atoms with Gasteiger partial charge >= 0.3 is 0 Å². The number of piperazine rings is 1. The van der Waals surface area contributed by atoms with E-state index in [1.54, 1.807) is 0 Å². The first-order chi connectivity index (χ1) is 7.15. The SMILES string of the molecule is CC(C)CC(=O)N1CC2CCCC(C1)N2.Cl. The van der Waals surface area contributed by atoms with Crippen molar-refractivity contribution in [1.29, 1.82) is 0 Å². The Bertz CT molecular complexity index is 233. The normalized spacial score (nSPS) is 28.8. The molecule has 2 heterocycles. The molecule has 2 bridgehead atoms. The first-order valence-corrected chi connectivity index (χ1v) is 6.19. The molecule has 94 valence electrons. The number of nitrogens with zero attached hydrogens (tertiary/aromatic N) is 1. The van der Waals surface area contributed by atoms with Crippen LogP contribution < -0.4 is 5.32 Å². The van der Waals surface area contributed by atoms with E-state index < -0.39 is 0 Å². The van der Waals surface area contributed by atoms with E-state index in [9.17, 15) is 4.79 Å². The number of fused-ring (bicyclic) bond motifs is 2. The van der Waals surface area contributed by atoms with Crippen LogP contribution in [-0.4, -0.2) is 36.0 Å². The van der Waals surface area contributed by atoms with E-state index in [1.165, 1.54) is 19.3 Å². The van der Waals surface area contributed by atoms with Crippen molar-refractivity contribution < 1.29 is 4.79 Å². The van der Waals surface area contributed by atoms with Crippen molar-refractivity contribution in [3.05, 3.63) is 0 Å². The third-order valence-electron chi connectivity index (χ3n) is 3.39. The molecule has 0 saturated carbocycles. The molecule has 2 rings (SSSR count). The molecule has 1 amide bonds. The number of carbonyl (C=O) groups is 1. The first-order valence-electron chi connectivity index (χ1n) is 6.19. The highest BCUT2D eigenvalue weighted by Gasteiger charge is 2.31. The number of likely N-dealkylation sites (tertiary alicyclic amines) is 1. The number of piperidine rings is 1. The zero-order valence-corrected chi connectivity index (χ0v) is 11.1. The fourth-order valence-corrected chi connectivity index (χ4v) is 2.69. The molecule has 0 aromatic rings. The molecule has 4 heteroatoms. The van der Waals surface area contributed by atoms with E-state index in [2.05, 4.69) is 24.1 Å². The summed E-state index contributed by atoms with van der Waals surface area (Å²) >= 11 is 0. The Kier molecular flexibility index (Phi) is 5.06. The Morgan fingerprint density at radius 3 is 2.38 bits per heavy atom. The van der Waals surface area contributed by atoms with Gasteiger partial charge in [0.2, 0.25) is 5.91 Å². The molecule has 0 aromatic heterocycles. The molecule has 0 spiro atoms. The zero-order valence-electron chi connectivity index (χ0n) is 10.2. The summed E-state index contributed by atoms with van der Waals surface area (Å²) in [6.45, 7) is 6.09. The summed E-state index contributed by atoms with van der Waals surface area (Å²) in [5, 5.41) is 3.60. The van der Waals surface area contributed by atoms with Crippen molar-refractivity contribution in [2.45, 2.75) is 51.6 Å². The summed E-state index contributed by atoms with van der Waals surface area (Å²) in [6.07, 6.45) is 4.51. The van der Waals surface area contributed by atoms with E-state index >= 15 is 0 Å². The second-order valence-corrected chi connectivity index (χ2v) is 5.39. The molecule has 1 N–H and O–H groups in total. The number of nitrogens with one attached hydrogen (secondary N) is 1. The highest BCUT2D eigenvalue weighted by molar-refractivity contribution is 5.85. The second kappa shape index (κ2) is 5.87. The van der Waals surface area contributed by atoms with Crippen LogP contribution in [-0.2, 0) is 4.79 Å². The van der Waals surface area contributed by atoms with Gasteiger partial charge in [-0.3, -0.25) is 4.79 Å². The second-order valence-electron chi connectivity index (χ2n) is 5.39. The van der Waals surface area contributed by atoms with Gasteiger partial charge in [0.15, 0.2) is 0 Å². The van der Waals surface area contributed by atoms with Crippen LogP contribution in [0.25, 0.3) is 0 Å². The number of carbonyl (C=O) groups excluding carboxylic acids is 1. The van der Waals surface area contributed by atoms with Gasteiger partial charge in [0.25, 0.3) is 0 Å². The van der Waals surface area contributed by atoms with Gasteiger partial charge in [-0.2, -0.15) is 0 Å². The molecule has 2 unspecified atom stereocenters. The third-order valence-corrected chi connectivity index (χ3v) is 3.39. The van der Waals surface area contributed by atoms with Crippen LogP contribution in [0.4, 0.5) is 0 Å². The Morgan fingerprint density at radius 1 is 1.31 bits per heavy atom. The molecular weight excluding hydrogens is 224 g/mol. The van der Waals surface area contributed by atoms with Crippen LogP contribution in [0.15, 0.2) is 0 Å². The Hall–Kier alpha value is -0.280. The lowest BCUT2D eigenvalue weighted by Gasteiger charge is -2.42. The topological polar surface area (TPSA) is 32.3 Å². The largest absolute Gasteiger partial charge is 0.340 e. The predicted octanol–water partition coefficient (Wildman–Crippen LogP) is 1.81. The number of hydrogen-bond donors (Lipinski definition) is 1. The van der Waals surface area contributed by atoms with E-state index in [0.29, 0.717) is 30.3 Å². The van der Waals surface area contributed by atoms with Crippen LogP contribution in [0.1, 0.15) is 39.5 Å². The number of rotatable bonds is 2. The Morgan fingerprint density at radius 2 is 1.88 bits per heavy atom. The molecule has 16 heavy (non-hydrogen) atoms. The number of hydrogen-bond acceptors (Lipinski definition) is 2. The predicted molar refractivity (Wildman–Crippen MR) is 67.8 cm³/mol. The monoisotopic (exact) mass is 246 g/mol. The smallest absolute Gasteiger partial charge is 0.222 e. The van der Waals surface area contributed by atoms with Gasteiger partial charge in [-0.1, -0.05) is 20.3 Å². The maximum Gasteiger partial charge on any atom is 0.222 e. The average molecular weight is 247 g/mol. The molecular formula is C12H23ClN2O. The van der Waals surface area contributed by atoms with Gasteiger partial charge in [0, 0.05) is 31.6 Å². The minimum atomic E-state index is 0. The summed E-state index contributed by atoms with van der Waals surface area (Å²) < 4.78 is 0. The van der Waals surface area contributed by atoms with Crippen LogP contribution >= 0.6 is 12.4 Å². The van der Waals surface area contributed by atoms with E-state index in [0.717, 1.165) is 13.1 Å². The van der Waals surface area contributed by atoms with Crippen molar-refractivity contribution >= 4 is 18.3 Å². The van der Waals surface area contributed by atoms with Gasteiger partial charge < -0.3 is 10.2 Å².